The molecule has 6 heteroatoms. The Balaban J connectivity index is 5.54. The summed E-state index contributed by atoms with van der Waals surface area (Å²) in [5, 5.41) is 0. The summed E-state index contributed by atoms with van der Waals surface area (Å²) < 4.78 is 8.64. The quantitative estimate of drug-likeness (QED) is 0.326. The van der Waals surface area contributed by atoms with Gasteiger partial charge in [0.15, 0.2) is 0 Å². The van der Waals surface area contributed by atoms with Crippen LogP contribution in [0.5, 0.6) is 0 Å². The predicted molar refractivity (Wildman–Crippen MR) is 98.3 cm³/mol. The van der Waals surface area contributed by atoms with Gasteiger partial charge in [-0.2, -0.15) is 0 Å². The molecule has 0 amide bonds. The fourth-order valence-electron chi connectivity index (χ4n) is 3.36. The Labute approximate surface area is 127 Å². The summed E-state index contributed by atoms with van der Waals surface area (Å²) in [5.74, 6) is 0. The topological polar surface area (TPSA) is 29.4 Å². The molecular weight excluding hydrogens is 389 g/mol. The first-order chi connectivity index (χ1) is 8.18. The molecule has 0 saturated carbocycles. The summed E-state index contributed by atoms with van der Waals surface area (Å²) in [5.41, 5.74) is 0. The molecule has 0 saturated heterocycles. The zero-order valence-corrected chi connectivity index (χ0v) is 20.3. The summed E-state index contributed by atoms with van der Waals surface area (Å²) in [4.78, 5) is 11.1. The second-order valence-electron chi connectivity index (χ2n) is 9.64. The van der Waals surface area contributed by atoms with Gasteiger partial charge >= 0.3 is 128 Å². The molecule has 0 rings (SSSR count). The Morgan fingerprint density at radius 1 is 0.737 bits per heavy atom. The Bertz CT molecular complexity index is 306. The van der Waals surface area contributed by atoms with Gasteiger partial charge in [-0.3, -0.25) is 0 Å². The van der Waals surface area contributed by atoms with Gasteiger partial charge in [-0.1, -0.05) is 0 Å². The van der Waals surface area contributed by atoms with Crippen molar-refractivity contribution in [2.45, 2.75) is 71.1 Å². The van der Waals surface area contributed by atoms with Gasteiger partial charge in [0.1, 0.15) is 0 Å². The van der Waals surface area contributed by atoms with E-state index in [0.29, 0.717) is 0 Å². The van der Waals surface area contributed by atoms with Gasteiger partial charge in [0.2, 0.25) is 0 Å². The van der Waals surface area contributed by atoms with Gasteiger partial charge in [-0.15, -0.1) is 0 Å². The van der Waals surface area contributed by atoms with Crippen molar-refractivity contribution in [1.29, 1.82) is 0 Å². The monoisotopic (exact) mass is 423 g/mol. The molecule has 0 N–H and O–H groups in total. The second-order valence-corrected chi connectivity index (χ2v) is 42.8. The maximum atomic E-state index is 11.1. The molecule has 0 unspecified atom stereocenters. The molecule has 0 heterocycles. The molecule has 0 aliphatic heterocycles. The number of isocyanates is 1. The van der Waals surface area contributed by atoms with E-state index in [1.54, 1.807) is 0 Å². The van der Waals surface area contributed by atoms with Gasteiger partial charge < -0.3 is 0 Å². The summed E-state index contributed by atoms with van der Waals surface area (Å²) in [6, 6.07) is 0. The Morgan fingerprint density at radius 3 is 1.16 bits per heavy atom. The standard InChI is InChI=1S/3C4H11Si.CNO.Sn/c3*1-5(2,3)4;2-1-3;/h3*1H2,2-4H3;;/q;;;-1;+1. The fourth-order valence-corrected chi connectivity index (χ4v) is 74.0. The molecule has 2 nitrogen and oxygen atoms in total. The van der Waals surface area contributed by atoms with E-state index in [4.69, 9.17) is 0 Å². The van der Waals surface area contributed by atoms with Crippen LogP contribution in [0.4, 0.5) is 0 Å². The molecule has 0 spiro atoms. The van der Waals surface area contributed by atoms with Crippen LogP contribution in [-0.4, -0.2) is 49.0 Å². The molecule has 0 aliphatic carbocycles. The van der Waals surface area contributed by atoms with Crippen LogP contribution in [0.3, 0.4) is 0 Å². The zero-order valence-electron chi connectivity index (χ0n) is 14.5. The van der Waals surface area contributed by atoms with Crippen molar-refractivity contribution >= 4 is 49.0 Å². The molecule has 0 fully saturated rings. The van der Waals surface area contributed by atoms with Crippen LogP contribution in [0.1, 0.15) is 0 Å². The third-order valence-corrected chi connectivity index (χ3v) is 53.8. The number of hydrogen-bond acceptors (Lipinski definition) is 2. The molecule has 0 aromatic rings. The maximum absolute atomic E-state index is 11.1. The van der Waals surface area contributed by atoms with Gasteiger partial charge in [-0.25, -0.2) is 0 Å². The summed E-state index contributed by atoms with van der Waals surface area (Å²) in [6.07, 6.45) is 2.01. The SMILES string of the molecule is C[Si](C)(C)[CH2][Sn]([CH2][Si](C)(C)C)([CH2][Si](C)(C)C)[N]=C=O. The van der Waals surface area contributed by atoms with Gasteiger partial charge in [0.05, 0.1) is 0 Å². The van der Waals surface area contributed by atoms with Crippen LogP contribution in [-0.2, 0) is 4.79 Å². The Kier molecular flexibility index (Phi) is 7.02. The van der Waals surface area contributed by atoms with E-state index in [1.165, 1.54) is 12.2 Å². The summed E-state index contributed by atoms with van der Waals surface area (Å²) >= 11 is -2.69. The third-order valence-electron chi connectivity index (χ3n) is 2.86. The van der Waals surface area contributed by atoms with Crippen molar-refractivity contribution in [3.63, 3.8) is 0 Å². The van der Waals surface area contributed by atoms with Crippen molar-refractivity contribution in [1.82, 2.24) is 0 Å². The van der Waals surface area contributed by atoms with E-state index in [1.807, 2.05) is 6.08 Å². The fraction of sp³-hybridized carbons (Fsp3) is 0.923. The second kappa shape index (κ2) is 6.73. The number of rotatable bonds is 7. The molecule has 0 atom stereocenters. The third kappa shape index (κ3) is 10.2. The summed E-state index contributed by atoms with van der Waals surface area (Å²) in [7, 11) is -3.49. The molecule has 0 radical (unpaired) electrons. The Morgan fingerprint density at radius 2 is 1.00 bits per heavy atom. The molecule has 112 valence electrons. The van der Waals surface area contributed by atoms with Gasteiger partial charge in [0, 0.05) is 0 Å². The van der Waals surface area contributed by atoms with Crippen molar-refractivity contribution in [2.75, 3.05) is 0 Å². The molecule has 0 bridgehead atoms. The first-order valence-electron chi connectivity index (χ1n) is 7.27. The molecule has 0 aromatic heterocycles. The van der Waals surface area contributed by atoms with Crippen LogP contribution < -0.4 is 0 Å². The number of hydrogen-bond donors (Lipinski definition) is 0. The summed E-state index contributed by atoms with van der Waals surface area (Å²) in [6.45, 7) is 21.9. The molecular formula is C13H33NOSi3Sn. The van der Waals surface area contributed by atoms with Crippen molar-refractivity contribution in [3.8, 4) is 0 Å². The van der Waals surface area contributed by atoms with E-state index in [-0.39, 0.29) is 0 Å². The first-order valence-corrected chi connectivity index (χ1v) is 25.7. The first kappa shape index (κ1) is 19.8. The van der Waals surface area contributed by atoms with Crippen LogP contribution in [0.25, 0.3) is 0 Å². The van der Waals surface area contributed by atoms with E-state index in [2.05, 4.69) is 62.1 Å². The van der Waals surface area contributed by atoms with Crippen LogP contribution in [0.15, 0.2) is 3.21 Å². The zero-order chi connectivity index (χ0) is 15.5. The normalized spacial score (nSPS) is 14.2. The minimum atomic E-state index is -2.69. The minimum absolute atomic E-state index is 1.16. The van der Waals surface area contributed by atoms with Gasteiger partial charge in [-0.05, 0) is 0 Å². The number of nitrogens with zero attached hydrogens (tertiary/aromatic N) is 1. The average Bonchev–Trinajstić information content (AvgIpc) is 1.90. The molecule has 0 aromatic carbocycles. The van der Waals surface area contributed by atoms with Crippen LogP contribution >= 0.6 is 0 Å². The molecule has 0 aliphatic rings. The molecule has 19 heavy (non-hydrogen) atoms. The van der Waals surface area contributed by atoms with E-state index in [0.717, 1.165) is 0 Å². The predicted octanol–water partition coefficient (Wildman–Crippen LogP) is 4.90. The van der Waals surface area contributed by atoms with Crippen molar-refractivity contribution in [3.05, 3.63) is 0 Å². The van der Waals surface area contributed by atoms with Crippen molar-refractivity contribution < 1.29 is 4.79 Å². The van der Waals surface area contributed by atoms with Gasteiger partial charge in [0.25, 0.3) is 0 Å². The average molecular weight is 422 g/mol. The van der Waals surface area contributed by atoms with E-state index in [9.17, 15) is 4.79 Å². The van der Waals surface area contributed by atoms with E-state index >= 15 is 0 Å². The number of carbonyl (C=O) groups excluding carboxylic acids is 1. The van der Waals surface area contributed by atoms with Crippen molar-refractivity contribution in [2.24, 2.45) is 3.21 Å². The van der Waals surface area contributed by atoms with Crippen LogP contribution in [0, 0.1) is 0 Å². The Hall–Kier alpha value is 0.829. The van der Waals surface area contributed by atoms with E-state index < -0.39 is 42.9 Å². The van der Waals surface area contributed by atoms with Crippen LogP contribution in [0.2, 0.25) is 71.1 Å².